The van der Waals surface area contributed by atoms with Crippen LogP contribution in [-0.4, -0.2) is 66.3 Å². The molecular weight excluding hydrogens is 545 g/mol. The zero-order valence-electron chi connectivity index (χ0n) is 21.8. The molecule has 10 nitrogen and oxygen atoms in total. The quantitative estimate of drug-likeness (QED) is 0.243. The number of rotatable bonds is 3. The lowest BCUT2D eigenvalue weighted by Crippen LogP contribution is -2.48. The van der Waals surface area contributed by atoms with Crippen LogP contribution in [0.3, 0.4) is 0 Å². The van der Waals surface area contributed by atoms with Gasteiger partial charge in [0.2, 0.25) is 0 Å². The highest BCUT2D eigenvalue weighted by molar-refractivity contribution is 6.29. The van der Waals surface area contributed by atoms with E-state index in [1.54, 1.807) is 32.7 Å². The second-order valence-corrected chi connectivity index (χ2v) is 9.82. The number of nitrogens with zero attached hydrogens (tertiary/aromatic N) is 9. The Kier molecular flexibility index (Phi) is 6.79. The van der Waals surface area contributed by atoms with Crippen LogP contribution in [0.4, 0.5) is 10.2 Å². The first-order valence-electron chi connectivity index (χ1n) is 12.6. The highest BCUT2D eigenvalue weighted by Gasteiger charge is 2.21. The van der Waals surface area contributed by atoms with Crippen LogP contribution in [-0.2, 0) is 11.8 Å². The number of hydrogen-bond acceptors (Lipinski definition) is 7. The van der Waals surface area contributed by atoms with E-state index in [0.717, 1.165) is 40.2 Å². The Morgan fingerprint density at radius 2 is 1.83 bits per heavy atom. The summed E-state index contributed by atoms with van der Waals surface area (Å²) in [6.07, 6.45) is 8.93. The number of piperazine rings is 1. The maximum Gasteiger partial charge on any atom is 0.299 e. The molecule has 41 heavy (non-hydrogen) atoms. The third-order valence-electron chi connectivity index (χ3n) is 6.78. The van der Waals surface area contributed by atoms with Crippen molar-refractivity contribution in [2.75, 3.05) is 31.1 Å². The molecule has 6 heterocycles. The molecule has 202 valence electrons. The van der Waals surface area contributed by atoms with Crippen molar-refractivity contribution in [3.63, 3.8) is 0 Å². The van der Waals surface area contributed by atoms with Crippen molar-refractivity contribution in [1.82, 2.24) is 34.3 Å². The maximum atomic E-state index is 13.5. The van der Waals surface area contributed by atoms with Gasteiger partial charge in [-0.1, -0.05) is 11.6 Å². The van der Waals surface area contributed by atoms with Gasteiger partial charge in [-0.3, -0.25) is 9.48 Å². The van der Waals surface area contributed by atoms with E-state index in [-0.39, 0.29) is 16.8 Å². The molecule has 0 N–H and O–H groups in total. The van der Waals surface area contributed by atoms with Crippen LogP contribution in [0.2, 0.25) is 5.15 Å². The molecule has 0 bridgehead atoms. The molecule has 1 aliphatic rings. The van der Waals surface area contributed by atoms with E-state index in [1.165, 1.54) is 0 Å². The summed E-state index contributed by atoms with van der Waals surface area (Å²) < 4.78 is 16.9. The van der Waals surface area contributed by atoms with Crippen LogP contribution in [0.15, 0.2) is 61.3 Å². The first kappa shape index (κ1) is 26.0. The number of hydrogen-bond donors (Lipinski definition) is 0. The van der Waals surface area contributed by atoms with Gasteiger partial charge in [-0.25, -0.2) is 18.9 Å². The van der Waals surface area contributed by atoms with Crippen molar-refractivity contribution >= 4 is 28.8 Å². The molecule has 1 saturated heterocycles. The van der Waals surface area contributed by atoms with Crippen LogP contribution in [0, 0.1) is 29.0 Å². The van der Waals surface area contributed by atoms with Gasteiger partial charge in [0.15, 0.2) is 0 Å². The summed E-state index contributed by atoms with van der Waals surface area (Å²) in [7, 11) is 1.86. The van der Waals surface area contributed by atoms with Gasteiger partial charge >= 0.3 is 0 Å². The zero-order valence-corrected chi connectivity index (χ0v) is 22.5. The first-order valence-corrected chi connectivity index (χ1v) is 13.0. The number of fused-ring (bicyclic) bond motifs is 1. The molecule has 1 aliphatic heterocycles. The number of amides is 1. The summed E-state index contributed by atoms with van der Waals surface area (Å²) in [6, 6.07) is 10.4. The van der Waals surface area contributed by atoms with E-state index in [4.69, 9.17) is 16.6 Å². The molecule has 5 aromatic heterocycles. The van der Waals surface area contributed by atoms with Gasteiger partial charge in [0.1, 0.15) is 28.6 Å². The number of halogens is 2. The lowest BCUT2D eigenvalue weighted by Gasteiger charge is -2.34. The largest absolute Gasteiger partial charge is 0.353 e. The van der Waals surface area contributed by atoms with Gasteiger partial charge in [-0.15, -0.1) is 0 Å². The van der Waals surface area contributed by atoms with E-state index in [9.17, 15) is 14.4 Å². The Balaban J connectivity index is 1.19. The predicted octanol–water partition coefficient (Wildman–Crippen LogP) is 3.56. The van der Waals surface area contributed by atoms with Crippen LogP contribution in [0.5, 0.6) is 0 Å². The topological polar surface area (TPSA) is 108 Å². The highest BCUT2D eigenvalue weighted by atomic mass is 35.5. The van der Waals surface area contributed by atoms with Crippen molar-refractivity contribution in [3.05, 3.63) is 83.5 Å². The number of pyridine rings is 3. The monoisotopic (exact) mass is 565 g/mol. The summed E-state index contributed by atoms with van der Waals surface area (Å²) in [4.78, 5) is 24.9. The molecule has 0 spiro atoms. The Morgan fingerprint density at radius 3 is 2.51 bits per heavy atom. The fourth-order valence-corrected chi connectivity index (χ4v) is 4.94. The van der Waals surface area contributed by atoms with Crippen molar-refractivity contribution in [1.29, 1.82) is 5.26 Å². The molecule has 1 amide bonds. The molecule has 5 aromatic rings. The van der Waals surface area contributed by atoms with Crippen molar-refractivity contribution < 1.29 is 9.18 Å². The molecule has 12 heteroatoms. The third kappa shape index (κ3) is 5.31. The smallest absolute Gasteiger partial charge is 0.299 e. The highest BCUT2D eigenvalue weighted by Crippen LogP contribution is 2.32. The van der Waals surface area contributed by atoms with Crippen LogP contribution < -0.4 is 4.90 Å². The number of aryl methyl sites for hydroxylation is 1. The molecule has 0 aromatic carbocycles. The minimum absolute atomic E-state index is 0.0183. The zero-order chi connectivity index (χ0) is 28.5. The van der Waals surface area contributed by atoms with Gasteiger partial charge in [-0.2, -0.15) is 15.5 Å². The Bertz CT molecular complexity index is 1870. The molecule has 0 aliphatic carbocycles. The van der Waals surface area contributed by atoms with Gasteiger partial charge in [0.25, 0.3) is 5.91 Å². The number of aromatic nitrogens is 6. The summed E-state index contributed by atoms with van der Waals surface area (Å²) in [5.41, 5.74) is 4.81. The fourth-order valence-electron chi connectivity index (χ4n) is 4.75. The molecule has 1 fully saturated rings. The minimum Gasteiger partial charge on any atom is -0.353 e. The van der Waals surface area contributed by atoms with Crippen molar-refractivity contribution in [3.8, 4) is 40.2 Å². The minimum atomic E-state index is -0.560. The SMILES string of the molecule is Cn1cc(-c2cc(-c3ccc(N4CCN(C(=O)C#Cc5cc(F)cc(Cl)n5)CC4)nc3)c3c(C#N)cnn3c2)cn1. The molecule has 0 radical (unpaired) electrons. The second kappa shape index (κ2) is 10.7. The summed E-state index contributed by atoms with van der Waals surface area (Å²) in [5, 5.41) is 18.3. The average molecular weight is 566 g/mol. The number of anilines is 1. The molecule has 6 rings (SSSR count). The summed E-state index contributed by atoms with van der Waals surface area (Å²) in [5.74, 6) is 4.97. The Hall–Kier alpha value is -5.26. The van der Waals surface area contributed by atoms with Gasteiger partial charge in [0.05, 0.1) is 23.5 Å². The first-order chi connectivity index (χ1) is 19.9. The number of carbonyl (C=O) groups is 1. The standard InChI is InChI=1S/C29H21ClFN9O/c1-37-17-22(16-34-37)20-10-25(29-21(13-32)15-35-40(29)18-20)19-2-4-27(33-14-19)38-6-8-39(9-7-38)28(41)5-3-24-11-23(31)12-26(30)36-24/h2,4,10-12,14-18H,6-9H2,1H3. The lowest BCUT2D eigenvalue weighted by molar-refractivity contribution is -0.125. The van der Waals surface area contributed by atoms with Gasteiger partial charge in [0, 0.05) is 92.1 Å². The van der Waals surface area contributed by atoms with Crippen molar-refractivity contribution in [2.24, 2.45) is 7.05 Å². The summed E-state index contributed by atoms with van der Waals surface area (Å²) >= 11 is 5.75. The molecular formula is C29H21ClFN9O. The normalized spacial score (nSPS) is 13.1. The predicted molar refractivity (Wildman–Crippen MR) is 150 cm³/mol. The number of nitriles is 1. The van der Waals surface area contributed by atoms with Crippen LogP contribution >= 0.6 is 11.6 Å². The molecule has 0 atom stereocenters. The van der Waals surface area contributed by atoms with Crippen LogP contribution in [0.25, 0.3) is 27.8 Å². The van der Waals surface area contributed by atoms with Crippen molar-refractivity contribution in [2.45, 2.75) is 0 Å². The maximum absolute atomic E-state index is 13.5. The second-order valence-electron chi connectivity index (χ2n) is 9.44. The fraction of sp³-hybridized carbons (Fsp3) is 0.172. The van der Waals surface area contributed by atoms with Crippen LogP contribution in [0.1, 0.15) is 11.3 Å². The Labute approximate surface area is 239 Å². The van der Waals surface area contributed by atoms with E-state index in [1.807, 2.05) is 37.6 Å². The van der Waals surface area contributed by atoms with E-state index in [2.05, 4.69) is 38.0 Å². The van der Waals surface area contributed by atoms with E-state index < -0.39 is 5.82 Å². The lowest BCUT2D eigenvalue weighted by atomic mass is 10.0. The molecule has 0 unspecified atom stereocenters. The average Bonchev–Trinajstić information content (AvgIpc) is 3.61. The van der Waals surface area contributed by atoms with Gasteiger partial charge < -0.3 is 9.80 Å². The van der Waals surface area contributed by atoms with E-state index >= 15 is 0 Å². The van der Waals surface area contributed by atoms with Gasteiger partial charge in [-0.05, 0) is 24.1 Å². The third-order valence-corrected chi connectivity index (χ3v) is 6.97. The summed E-state index contributed by atoms with van der Waals surface area (Å²) in [6.45, 7) is 2.07. The number of carbonyl (C=O) groups excluding carboxylic acids is 1. The Morgan fingerprint density at radius 1 is 1.00 bits per heavy atom. The molecule has 0 saturated carbocycles. The van der Waals surface area contributed by atoms with E-state index in [0.29, 0.717) is 37.3 Å².